The zero-order valence-electron chi connectivity index (χ0n) is 15.4. The number of fused-ring (bicyclic) bond motifs is 1. The summed E-state index contributed by atoms with van der Waals surface area (Å²) in [6, 6.07) is 9.42. The molecule has 1 unspecified atom stereocenters. The number of hydrogen-bond acceptors (Lipinski definition) is 5. The summed E-state index contributed by atoms with van der Waals surface area (Å²) in [5.41, 5.74) is 3.54. The Bertz CT molecular complexity index is 777. The summed E-state index contributed by atoms with van der Waals surface area (Å²) in [6.07, 6.45) is 0.921. The van der Waals surface area contributed by atoms with Crippen LogP contribution < -0.4 is 5.32 Å². The van der Waals surface area contributed by atoms with Crippen LogP contribution in [0.5, 0.6) is 0 Å². The number of nitrogens with zero attached hydrogens (tertiary/aromatic N) is 2. The zero-order chi connectivity index (χ0) is 18.7. The van der Waals surface area contributed by atoms with Crippen LogP contribution in [0.1, 0.15) is 47.1 Å². The van der Waals surface area contributed by atoms with Gasteiger partial charge in [-0.05, 0) is 49.1 Å². The van der Waals surface area contributed by atoms with E-state index in [0.717, 1.165) is 35.7 Å². The number of thioether (sulfide) groups is 1. The molecule has 1 aromatic heterocycles. The summed E-state index contributed by atoms with van der Waals surface area (Å²) in [4.78, 5) is 20.5. The van der Waals surface area contributed by atoms with Crippen molar-refractivity contribution in [3.8, 4) is 0 Å². The minimum absolute atomic E-state index is 0.215. The second-order valence-electron chi connectivity index (χ2n) is 6.70. The van der Waals surface area contributed by atoms with Crippen LogP contribution in [0.15, 0.2) is 41.4 Å². The van der Waals surface area contributed by atoms with E-state index in [1.807, 2.05) is 37.4 Å². The Morgan fingerprint density at radius 2 is 2.08 bits per heavy atom. The first kappa shape index (κ1) is 18.9. The molecule has 2 N–H and O–H groups in total. The molecular formula is C20H25N3O2S. The molecule has 2 aromatic rings. The minimum Gasteiger partial charge on any atom is -0.391 e. The van der Waals surface area contributed by atoms with Crippen molar-refractivity contribution in [3.63, 3.8) is 0 Å². The van der Waals surface area contributed by atoms with Crippen LogP contribution in [0.3, 0.4) is 0 Å². The Balaban J connectivity index is 1.76. The van der Waals surface area contributed by atoms with Crippen molar-refractivity contribution in [1.82, 2.24) is 15.2 Å². The quantitative estimate of drug-likeness (QED) is 0.764. The van der Waals surface area contributed by atoms with Gasteiger partial charge in [-0.3, -0.25) is 14.7 Å². The highest BCUT2D eigenvalue weighted by molar-refractivity contribution is 7.99. The highest BCUT2D eigenvalue weighted by Crippen LogP contribution is 2.24. The van der Waals surface area contributed by atoms with Gasteiger partial charge in [-0.1, -0.05) is 19.1 Å². The number of aliphatic hydroxyl groups is 1. The molecular weight excluding hydrogens is 346 g/mol. The third-order valence-corrected chi connectivity index (χ3v) is 5.40. The molecule has 0 aliphatic carbocycles. The van der Waals surface area contributed by atoms with Gasteiger partial charge in [0.25, 0.3) is 5.91 Å². The maximum atomic E-state index is 12.7. The third-order valence-electron chi connectivity index (χ3n) is 4.50. The molecule has 3 rings (SSSR count). The van der Waals surface area contributed by atoms with Gasteiger partial charge in [0.15, 0.2) is 0 Å². The van der Waals surface area contributed by atoms with Crippen molar-refractivity contribution in [3.05, 3.63) is 58.9 Å². The van der Waals surface area contributed by atoms with E-state index in [0.29, 0.717) is 5.56 Å². The normalized spacial score (nSPS) is 16.2. The number of carbonyl (C=O) groups excluding carboxylic acids is 1. The second-order valence-corrected chi connectivity index (χ2v) is 8.03. The molecule has 0 saturated heterocycles. The van der Waals surface area contributed by atoms with Crippen molar-refractivity contribution in [2.24, 2.45) is 0 Å². The van der Waals surface area contributed by atoms with Crippen LogP contribution in [-0.2, 0) is 13.1 Å². The molecule has 0 spiro atoms. The largest absolute Gasteiger partial charge is 0.391 e. The average Bonchev–Trinajstić information content (AvgIpc) is 2.99. The summed E-state index contributed by atoms with van der Waals surface area (Å²) in [5.74, 6) is 0.795. The monoisotopic (exact) mass is 371 g/mol. The molecule has 1 aromatic carbocycles. The minimum atomic E-state index is -0.697. The molecule has 138 valence electrons. The Labute approximate surface area is 158 Å². The van der Waals surface area contributed by atoms with Crippen molar-refractivity contribution >= 4 is 17.7 Å². The number of hydrogen-bond donors (Lipinski definition) is 2. The molecule has 0 radical (unpaired) electrons. The van der Waals surface area contributed by atoms with Gasteiger partial charge in [0.05, 0.1) is 23.4 Å². The van der Waals surface area contributed by atoms with E-state index < -0.39 is 12.1 Å². The van der Waals surface area contributed by atoms with E-state index in [1.54, 1.807) is 24.9 Å². The van der Waals surface area contributed by atoms with E-state index in [-0.39, 0.29) is 5.91 Å². The van der Waals surface area contributed by atoms with Crippen molar-refractivity contribution in [1.29, 1.82) is 0 Å². The maximum Gasteiger partial charge on any atom is 0.253 e. The molecule has 5 nitrogen and oxygen atoms in total. The molecule has 0 bridgehead atoms. The number of aromatic nitrogens is 1. The van der Waals surface area contributed by atoms with Gasteiger partial charge in [0.1, 0.15) is 0 Å². The Morgan fingerprint density at radius 1 is 1.35 bits per heavy atom. The van der Waals surface area contributed by atoms with E-state index in [9.17, 15) is 9.90 Å². The molecule has 1 aliphatic rings. The van der Waals surface area contributed by atoms with E-state index in [2.05, 4.69) is 22.1 Å². The molecule has 26 heavy (non-hydrogen) atoms. The summed E-state index contributed by atoms with van der Waals surface area (Å²) < 4.78 is 0. The van der Waals surface area contributed by atoms with Gasteiger partial charge >= 0.3 is 0 Å². The number of rotatable bonds is 6. The fourth-order valence-corrected chi connectivity index (χ4v) is 3.85. The standard InChI is InChI=1S/C20H25N3O2S/c1-4-26-17-7-5-14(6-8-17)19(13(2)24)22-20(25)15-9-16-11-23(3)12-18(16)21-10-15/h5-10,13,19,24H,4,11-12H2,1-3H3,(H,22,25)/t13-,19?/m0/s1. The van der Waals surface area contributed by atoms with Crippen LogP contribution >= 0.6 is 11.8 Å². The Morgan fingerprint density at radius 3 is 2.73 bits per heavy atom. The summed E-state index contributed by atoms with van der Waals surface area (Å²) in [6.45, 7) is 5.42. The van der Waals surface area contributed by atoms with Crippen LogP contribution in [0, 0.1) is 0 Å². The van der Waals surface area contributed by atoms with Crippen LogP contribution in [0.4, 0.5) is 0 Å². The van der Waals surface area contributed by atoms with Crippen LogP contribution in [0.25, 0.3) is 0 Å². The fraction of sp³-hybridized carbons (Fsp3) is 0.400. The molecule has 1 amide bonds. The van der Waals surface area contributed by atoms with E-state index in [1.165, 1.54) is 4.90 Å². The predicted molar refractivity (Wildman–Crippen MR) is 104 cm³/mol. The predicted octanol–water partition coefficient (Wildman–Crippen LogP) is 2.99. The Kier molecular flexibility index (Phi) is 5.96. The lowest BCUT2D eigenvalue weighted by atomic mass is 10.0. The highest BCUT2D eigenvalue weighted by atomic mass is 32.2. The number of carbonyl (C=O) groups is 1. The lowest BCUT2D eigenvalue weighted by molar-refractivity contribution is 0.0857. The maximum absolute atomic E-state index is 12.7. The smallest absolute Gasteiger partial charge is 0.253 e. The van der Waals surface area contributed by atoms with Gasteiger partial charge in [-0.2, -0.15) is 0 Å². The van der Waals surface area contributed by atoms with Crippen molar-refractivity contribution in [2.75, 3.05) is 12.8 Å². The first-order chi connectivity index (χ1) is 12.5. The van der Waals surface area contributed by atoms with Crippen LogP contribution in [-0.4, -0.2) is 39.8 Å². The number of aliphatic hydroxyl groups excluding tert-OH is 1. The molecule has 1 aliphatic heterocycles. The zero-order valence-corrected chi connectivity index (χ0v) is 16.2. The molecule has 0 fully saturated rings. The number of amides is 1. The van der Waals surface area contributed by atoms with Gasteiger partial charge < -0.3 is 10.4 Å². The van der Waals surface area contributed by atoms with Gasteiger partial charge in [0, 0.05) is 24.2 Å². The number of benzene rings is 1. The van der Waals surface area contributed by atoms with Gasteiger partial charge in [-0.25, -0.2) is 0 Å². The average molecular weight is 372 g/mol. The number of pyridine rings is 1. The van der Waals surface area contributed by atoms with E-state index >= 15 is 0 Å². The second kappa shape index (κ2) is 8.20. The van der Waals surface area contributed by atoms with E-state index in [4.69, 9.17) is 0 Å². The first-order valence-electron chi connectivity index (χ1n) is 8.86. The van der Waals surface area contributed by atoms with Crippen molar-refractivity contribution < 1.29 is 9.90 Å². The van der Waals surface area contributed by atoms with Crippen LogP contribution in [0.2, 0.25) is 0 Å². The van der Waals surface area contributed by atoms with Crippen molar-refractivity contribution in [2.45, 2.75) is 44.0 Å². The van der Waals surface area contributed by atoms with Gasteiger partial charge in [-0.15, -0.1) is 11.8 Å². The highest BCUT2D eigenvalue weighted by Gasteiger charge is 2.23. The topological polar surface area (TPSA) is 65.5 Å². The molecule has 2 atom stereocenters. The van der Waals surface area contributed by atoms with Gasteiger partial charge in [0.2, 0.25) is 0 Å². The Hall–Kier alpha value is -1.89. The SMILES string of the molecule is CCSc1ccc(C(NC(=O)c2cnc3c(c2)CN(C)C3)[C@H](C)O)cc1. The lowest BCUT2D eigenvalue weighted by Crippen LogP contribution is -2.35. The summed E-state index contributed by atoms with van der Waals surface area (Å²) in [5, 5.41) is 13.1. The third kappa shape index (κ3) is 4.26. The summed E-state index contributed by atoms with van der Waals surface area (Å²) >= 11 is 1.76. The lowest BCUT2D eigenvalue weighted by Gasteiger charge is -2.22. The molecule has 0 saturated carbocycles. The molecule has 2 heterocycles. The number of nitrogens with one attached hydrogen (secondary N) is 1. The summed E-state index contributed by atoms with van der Waals surface area (Å²) in [7, 11) is 2.03. The molecule has 6 heteroatoms. The first-order valence-corrected chi connectivity index (χ1v) is 9.84. The fourth-order valence-electron chi connectivity index (χ4n) is 3.19.